The van der Waals surface area contributed by atoms with Gasteiger partial charge in [-0.3, -0.25) is 4.79 Å². The molecule has 1 aliphatic heterocycles. The Labute approximate surface area is 149 Å². The molecule has 2 aromatic rings. The van der Waals surface area contributed by atoms with Crippen molar-refractivity contribution in [2.24, 2.45) is 0 Å². The van der Waals surface area contributed by atoms with Crippen LogP contribution >= 0.6 is 15.9 Å². The lowest BCUT2D eigenvalue weighted by atomic mass is 10.0. The number of amides is 1. The van der Waals surface area contributed by atoms with E-state index in [1.807, 2.05) is 48.5 Å². The van der Waals surface area contributed by atoms with Crippen LogP contribution in [0.4, 0.5) is 0 Å². The quantitative estimate of drug-likeness (QED) is 0.735. The largest absolute Gasteiger partial charge is 0.497 e. The van der Waals surface area contributed by atoms with Crippen LogP contribution in [0.3, 0.4) is 0 Å². The highest BCUT2D eigenvalue weighted by atomic mass is 79.9. The molecule has 0 spiro atoms. The zero-order chi connectivity index (χ0) is 16.9. The summed E-state index contributed by atoms with van der Waals surface area (Å²) in [5, 5.41) is 2.98. The van der Waals surface area contributed by atoms with E-state index in [0.29, 0.717) is 13.0 Å². The first-order valence-electron chi connectivity index (χ1n) is 7.83. The average Bonchev–Trinajstić information content (AvgIpc) is 3.10. The molecule has 2 aromatic carbocycles. The predicted octanol–water partition coefficient (Wildman–Crippen LogP) is 2.68. The van der Waals surface area contributed by atoms with E-state index >= 15 is 0 Å². The van der Waals surface area contributed by atoms with Crippen molar-refractivity contribution in [2.75, 3.05) is 7.11 Å². The number of benzene rings is 2. The molecule has 0 radical (unpaired) electrons. The van der Waals surface area contributed by atoms with Crippen LogP contribution in [0.15, 0.2) is 53.0 Å². The van der Waals surface area contributed by atoms with Crippen molar-refractivity contribution in [3.63, 3.8) is 0 Å². The SMILES string of the molecule is COc1cccc(C2CC(C(=O)NCc3cccc(Br)c3)NN2)c1. The molecule has 3 rings (SSSR count). The van der Waals surface area contributed by atoms with Crippen LogP contribution < -0.4 is 20.9 Å². The van der Waals surface area contributed by atoms with Crippen molar-refractivity contribution in [2.45, 2.75) is 25.0 Å². The Morgan fingerprint density at radius 2 is 2.08 bits per heavy atom. The second-order valence-corrected chi connectivity index (χ2v) is 6.67. The molecule has 0 aliphatic carbocycles. The zero-order valence-corrected chi connectivity index (χ0v) is 15.0. The topological polar surface area (TPSA) is 62.4 Å². The molecule has 3 N–H and O–H groups in total. The average molecular weight is 390 g/mol. The van der Waals surface area contributed by atoms with Crippen molar-refractivity contribution in [1.82, 2.24) is 16.2 Å². The van der Waals surface area contributed by atoms with E-state index in [9.17, 15) is 4.79 Å². The monoisotopic (exact) mass is 389 g/mol. The lowest BCUT2D eigenvalue weighted by Crippen LogP contribution is -2.42. The number of hydrogen-bond acceptors (Lipinski definition) is 4. The molecule has 1 fully saturated rings. The molecule has 1 heterocycles. The van der Waals surface area contributed by atoms with E-state index in [1.54, 1.807) is 7.11 Å². The Balaban J connectivity index is 1.55. The summed E-state index contributed by atoms with van der Waals surface area (Å²) in [5.74, 6) is 0.810. The number of ether oxygens (including phenoxy) is 1. The van der Waals surface area contributed by atoms with Crippen molar-refractivity contribution >= 4 is 21.8 Å². The van der Waals surface area contributed by atoms with Gasteiger partial charge in [-0.1, -0.05) is 40.2 Å². The fourth-order valence-corrected chi connectivity index (χ4v) is 3.21. The molecule has 2 atom stereocenters. The normalized spacial score (nSPS) is 19.9. The molecule has 1 amide bonds. The van der Waals surface area contributed by atoms with Gasteiger partial charge in [0, 0.05) is 17.1 Å². The van der Waals surface area contributed by atoms with Gasteiger partial charge in [0.1, 0.15) is 11.8 Å². The molecule has 1 saturated heterocycles. The van der Waals surface area contributed by atoms with E-state index in [0.717, 1.165) is 21.3 Å². The summed E-state index contributed by atoms with van der Waals surface area (Å²) in [6.45, 7) is 0.514. The van der Waals surface area contributed by atoms with E-state index < -0.39 is 0 Å². The maximum atomic E-state index is 12.4. The molecular formula is C18H20BrN3O2. The van der Waals surface area contributed by atoms with Crippen LogP contribution in [0.2, 0.25) is 0 Å². The van der Waals surface area contributed by atoms with Gasteiger partial charge in [-0.15, -0.1) is 0 Å². The maximum absolute atomic E-state index is 12.4. The summed E-state index contributed by atoms with van der Waals surface area (Å²) < 4.78 is 6.26. The van der Waals surface area contributed by atoms with Crippen LogP contribution in [0.5, 0.6) is 5.75 Å². The first kappa shape index (κ1) is 17.0. The van der Waals surface area contributed by atoms with E-state index in [2.05, 4.69) is 32.1 Å². The summed E-state index contributed by atoms with van der Waals surface area (Å²) in [7, 11) is 1.65. The van der Waals surface area contributed by atoms with Crippen molar-refractivity contribution in [3.8, 4) is 5.75 Å². The Morgan fingerprint density at radius 3 is 2.88 bits per heavy atom. The number of carbonyl (C=O) groups excluding carboxylic acids is 1. The molecule has 5 nitrogen and oxygen atoms in total. The van der Waals surface area contributed by atoms with Crippen molar-refractivity contribution < 1.29 is 9.53 Å². The van der Waals surface area contributed by atoms with E-state index in [-0.39, 0.29) is 18.0 Å². The highest BCUT2D eigenvalue weighted by Crippen LogP contribution is 2.25. The second kappa shape index (κ2) is 7.79. The Hall–Kier alpha value is -1.89. The second-order valence-electron chi connectivity index (χ2n) is 5.75. The summed E-state index contributed by atoms with van der Waals surface area (Å²) in [6.07, 6.45) is 0.692. The van der Waals surface area contributed by atoms with E-state index in [1.165, 1.54) is 0 Å². The van der Waals surface area contributed by atoms with Gasteiger partial charge in [-0.05, 0) is 41.8 Å². The minimum Gasteiger partial charge on any atom is -0.497 e. The summed E-state index contributed by atoms with van der Waals surface area (Å²) in [4.78, 5) is 12.4. The molecule has 2 unspecified atom stereocenters. The third kappa shape index (κ3) is 4.14. The van der Waals surface area contributed by atoms with Gasteiger partial charge >= 0.3 is 0 Å². The minimum absolute atomic E-state index is 0.00660. The van der Waals surface area contributed by atoms with Crippen LogP contribution in [-0.4, -0.2) is 19.1 Å². The van der Waals surface area contributed by atoms with Gasteiger partial charge in [0.2, 0.25) is 5.91 Å². The molecular weight excluding hydrogens is 370 g/mol. The van der Waals surface area contributed by atoms with Gasteiger partial charge in [-0.2, -0.15) is 0 Å². The fourth-order valence-electron chi connectivity index (χ4n) is 2.76. The van der Waals surface area contributed by atoms with Crippen LogP contribution in [0.1, 0.15) is 23.6 Å². The highest BCUT2D eigenvalue weighted by molar-refractivity contribution is 9.10. The number of hydrogen-bond donors (Lipinski definition) is 3. The number of rotatable bonds is 5. The number of nitrogens with one attached hydrogen (secondary N) is 3. The van der Waals surface area contributed by atoms with Gasteiger partial charge in [0.05, 0.1) is 7.11 Å². The van der Waals surface area contributed by atoms with Gasteiger partial charge < -0.3 is 10.1 Å². The smallest absolute Gasteiger partial charge is 0.238 e. The molecule has 24 heavy (non-hydrogen) atoms. The molecule has 6 heteroatoms. The summed E-state index contributed by atoms with van der Waals surface area (Å²) in [6, 6.07) is 15.6. The van der Waals surface area contributed by atoms with Crippen LogP contribution in [0.25, 0.3) is 0 Å². The van der Waals surface area contributed by atoms with Crippen LogP contribution in [-0.2, 0) is 11.3 Å². The third-order valence-electron chi connectivity index (χ3n) is 4.07. The molecule has 0 aromatic heterocycles. The van der Waals surface area contributed by atoms with E-state index in [4.69, 9.17) is 4.74 Å². The van der Waals surface area contributed by atoms with Crippen molar-refractivity contribution in [3.05, 3.63) is 64.1 Å². The van der Waals surface area contributed by atoms with Gasteiger partial charge in [0.25, 0.3) is 0 Å². The predicted molar refractivity (Wildman–Crippen MR) is 96.4 cm³/mol. The zero-order valence-electron chi connectivity index (χ0n) is 13.4. The number of halogens is 1. The number of carbonyl (C=O) groups is 1. The summed E-state index contributed by atoms with van der Waals surface area (Å²) >= 11 is 3.44. The lowest BCUT2D eigenvalue weighted by molar-refractivity contribution is -0.123. The van der Waals surface area contributed by atoms with Gasteiger partial charge in [0.15, 0.2) is 0 Å². The number of hydrazine groups is 1. The Bertz CT molecular complexity index is 723. The first-order valence-corrected chi connectivity index (χ1v) is 8.62. The minimum atomic E-state index is -0.256. The highest BCUT2D eigenvalue weighted by Gasteiger charge is 2.30. The van der Waals surface area contributed by atoms with Gasteiger partial charge in [-0.25, -0.2) is 10.9 Å². The third-order valence-corrected chi connectivity index (χ3v) is 4.56. The standard InChI is InChI=1S/C18H20BrN3O2/c1-24-15-7-3-5-13(9-15)16-10-17(22-21-16)18(23)20-11-12-4-2-6-14(19)8-12/h2-9,16-17,21-22H,10-11H2,1H3,(H,20,23). The van der Waals surface area contributed by atoms with Crippen LogP contribution in [0, 0.1) is 0 Å². The van der Waals surface area contributed by atoms with Crippen molar-refractivity contribution in [1.29, 1.82) is 0 Å². The Morgan fingerprint density at radius 1 is 1.25 bits per heavy atom. The lowest BCUT2D eigenvalue weighted by Gasteiger charge is -2.11. The maximum Gasteiger partial charge on any atom is 0.238 e. The molecule has 126 valence electrons. The molecule has 1 aliphatic rings. The summed E-state index contributed by atoms with van der Waals surface area (Å²) in [5.41, 5.74) is 8.43. The molecule has 0 saturated carbocycles. The number of methoxy groups -OCH3 is 1. The fraction of sp³-hybridized carbons (Fsp3) is 0.278. The molecule has 0 bridgehead atoms. The first-order chi connectivity index (χ1) is 11.7. The Kier molecular flexibility index (Phi) is 5.50.